The quantitative estimate of drug-likeness (QED) is 0.341. The third-order valence-corrected chi connectivity index (χ3v) is 3.77. The van der Waals surface area contributed by atoms with Crippen LogP contribution in [0.3, 0.4) is 0 Å². The molecule has 1 unspecified atom stereocenters. The SMILES string of the molecule is CSCCCN=C(N)NC1CCOc2ccccc21.I. The van der Waals surface area contributed by atoms with Gasteiger partial charge in [0.05, 0.1) is 12.6 Å². The number of nitrogens with one attached hydrogen (secondary N) is 1. The van der Waals surface area contributed by atoms with E-state index in [0.29, 0.717) is 12.6 Å². The molecule has 0 bridgehead atoms. The van der Waals surface area contributed by atoms with E-state index in [1.165, 1.54) is 0 Å². The summed E-state index contributed by atoms with van der Waals surface area (Å²) in [4.78, 5) is 4.36. The van der Waals surface area contributed by atoms with E-state index in [-0.39, 0.29) is 30.0 Å². The summed E-state index contributed by atoms with van der Waals surface area (Å²) >= 11 is 1.83. The van der Waals surface area contributed by atoms with Crippen molar-refractivity contribution < 1.29 is 4.74 Å². The molecule has 0 aromatic heterocycles. The molecule has 0 amide bonds. The van der Waals surface area contributed by atoms with Crippen LogP contribution in [-0.4, -0.2) is 31.1 Å². The minimum atomic E-state index is 0. The number of benzene rings is 1. The maximum atomic E-state index is 5.94. The molecule has 1 heterocycles. The van der Waals surface area contributed by atoms with Gasteiger partial charge in [-0.1, -0.05) is 18.2 Å². The zero-order valence-corrected chi connectivity index (χ0v) is 14.8. The molecule has 3 N–H and O–H groups in total. The van der Waals surface area contributed by atoms with Crippen molar-refractivity contribution in [3.8, 4) is 5.75 Å². The number of para-hydroxylation sites is 1. The number of nitrogens with two attached hydrogens (primary N) is 1. The zero-order valence-electron chi connectivity index (χ0n) is 11.7. The summed E-state index contributed by atoms with van der Waals surface area (Å²) in [5, 5.41) is 3.29. The number of guanidine groups is 1. The normalized spacial score (nSPS) is 17.6. The van der Waals surface area contributed by atoms with E-state index < -0.39 is 0 Å². The van der Waals surface area contributed by atoms with Gasteiger partial charge >= 0.3 is 0 Å². The average Bonchev–Trinajstić information content (AvgIpc) is 2.44. The summed E-state index contributed by atoms with van der Waals surface area (Å²) in [6.07, 6.45) is 4.08. The van der Waals surface area contributed by atoms with Crippen LogP contribution in [0.2, 0.25) is 0 Å². The van der Waals surface area contributed by atoms with E-state index in [1.54, 1.807) is 0 Å². The molecule has 0 aliphatic carbocycles. The Balaban J connectivity index is 0.00000200. The second-order valence-corrected chi connectivity index (χ2v) is 5.47. The molecule has 20 heavy (non-hydrogen) atoms. The Hall–Kier alpha value is -0.630. The summed E-state index contributed by atoms with van der Waals surface area (Å²) in [7, 11) is 0. The minimum absolute atomic E-state index is 0. The van der Waals surface area contributed by atoms with Crippen LogP contribution in [0.25, 0.3) is 0 Å². The first-order chi connectivity index (χ1) is 9.31. The Morgan fingerprint density at radius 1 is 1.50 bits per heavy atom. The molecule has 1 aliphatic heterocycles. The largest absolute Gasteiger partial charge is 0.493 e. The number of hydrogen-bond acceptors (Lipinski definition) is 3. The van der Waals surface area contributed by atoms with Gasteiger partial charge in [0.2, 0.25) is 0 Å². The Kier molecular flexibility index (Phi) is 8.13. The lowest BCUT2D eigenvalue weighted by molar-refractivity contribution is 0.262. The number of ether oxygens (including phenoxy) is 1. The van der Waals surface area contributed by atoms with Gasteiger partial charge in [-0.3, -0.25) is 4.99 Å². The van der Waals surface area contributed by atoms with Crippen LogP contribution in [0.15, 0.2) is 29.3 Å². The second-order valence-electron chi connectivity index (χ2n) is 4.49. The Labute approximate surface area is 142 Å². The Morgan fingerprint density at radius 3 is 3.10 bits per heavy atom. The molecule has 0 saturated heterocycles. The van der Waals surface area contributed by atoms with Crippen LogP contribution in [-0.2, 0) is 0 Å². The molecule has 6 heteroatoms. The Morgan fingerprint density at radius 2 is 2.30 bits per heavy atom. The van der Waals surface area contributed by atoms with Crippen LogP contribution < -0.4 is 15.8 Å². The highest BCUT2D eigenvalue weighted by Crippen LogP contribution is 2.31. The van der Waals surface area contributed by atoms with Gasteiger partial charge in [0.15, 0.2) is 5.96 Å². The molecule has 0 spiro atoms. The van der Waals surface area contributed by atoms with Gasteiger partial charge in [-0.2, -0.15) is 11.8 Å². The highest BCUT2D eigenvalue weighted by molar-refractivity contribution is 14.0. The molecule has 2 rings (SSSR count). The van der Waals surface area contributed by atoms with Crippen LogP contribution in [0.5, 0.6) is 5.75 Å². The molecule has 1 aromatic carbocycles. The topological polar surface area (TPSA) is 59.6 Å². The summed E-state index contributed by atoms with van der Waals surface area (Å²) in [6.45, 7) is 1.50. The monoisotopic (exact) mass is 407 g/mol. The van der Waals surface area contributed by atoms with E-state index in [1.807, 2.05) is 30.0 Å². The first kappa shape index (κ1) is 17.4. The number of nitrogens with zero attached hydrogens (tertiary/aromatic N) is 1. The van der Waals surface area contributed by atoms with E-state index in [4.69, 9.17) is 10.5 Å². The van der Waals surface area contributed by atoms with Crippen molar-refractivity contribution in [1.82, 2.24) is 5.32 Å². The lowest BCUT2D eigenvalue weighted by Crippen LogP contribution is -2.37. The van der Waals surface area contributed by atoms with Gasteiger partial charge in [-0.15, -0.1) is 24.0 Å². The molecule has 4 nitrogen and oxygen atoms in total. The Bertz CT molecular complexity index is 442. The summed E-state index contributed by atoms with van der Waals surface area (Å²) < 4.78 is 5.62. The lowest BCUT2D eigenvalue weighted by atomic mass is 10.0. The van der Waals surface area contributed by atoms with Crippen molar-refractivity contribution in [1.29, 1.82) is 0 Å². The molecular formula is C14H22IN3OS. The molecule has 0 saturated carbocycles. The molecule has 0 fully saturated rings. The summed E-state index contributed by atoms with van der Waals surface area (Å²) in [6, 6.07) is 8.28. The smallest absolute Gasteiger partial charge is 0.189 e. The number of halogens is 1. The van der Waals surface area contributed by atoms with Crippen molar-refractivity contribution in [3.05, 3.63) is 29.8 Å². The molecule has 0 radical (unpaired) electrons. The molecule has 112 valence electrons. The van der Waals surface area contributed by atoms with Gasteiger partial charge in [-0.25, -0.2) is 0 Å². The fourth-order valence-corrected chi connectivity index (χ4v) is 2.54. The number of fused-ring (bicyclic) bond motifs is 1. The predicted molar refractivity (Wildman–Crippen MR) is 97.3 cm³/mol. The van der Waals surface area contributed by atoms with E-state index in [2.05, 4.69) is 22.6 Å². The van der Waals surface area contributed by atoms with Crippen molar-refractivity contribution >= 4 is 41.7 Å². The first-order valence-electron chi connectivity index (χ1n) is 6.58. The maximum absolute atomic E-state index is 5.94. The lowest BCUT2D eigenvalue weighted by Gasteiger charge is -2.26. The fourth-order valence-electron chi connectivity index (χ4n) is 2.12. The van der Waals surface area contributed by atoms with E-state index in [9.17, 15) is 0 Å². The number of hydrogen-bond donors (Lipinski definition) is 2. The van der Waals surface area contributed by atoms with Crippen LogP contribution in [0.1, 0.15) is 24.4 Å². The van der Waals surface area contributed by atoms with Crippen molar-refractivity contribution in [3.63, 3.8) is 0 Å². The molecular weight excluding hydrogens is 385 g/mol. The predicted octanol–water partition coefficient (Wildman–Crippen LogP) is 2.79. The maximum Gasteiger partial charge on any atom is 0.189 e. The van der Waals surface area contributed by atoms with E-state index in [0.717, 1.165) is 36.5 Å². The third-order valence-electron chi connectivity index (χ3n) is 3.07. The molecule has 1 aliphatic rings. The van der Waals surface area contributed by atoms with Crippen molar-refractivity contribution in [2.24, 2.45) is 10.7 Å². The fraction of sp³-hybridized carbons (Fsp3) is 0.500. The highest BCUT2D eigenvalue weighted by Gasteiger charge is 2.20. The van der Waals surface area contributed by atoms with Crippen LogP contribution in [0.4, 0.5) is 0 Å². The standard InChI is InChI=1S/C14H21N3OS.HI/c1-19-10-4-8-16-14(15)17-12-7-9-18-13-6-3-2-5-11(12)13;/h2-3,5-6,12H,4,7-10H2,1H3,(H3,15,16,17);1H. The van der Waals surface area contributed by atoms with Crippen LogP contribution >= 0.6 is 35.7 Å². The molecule has 1 aromatic rings. The first-order valence-corrected chi connectivity index (χ1v) is 7.98. The van der Waals surface area contributed by atoms with Gasteiger partial charge in [0.25, 0.3) is 0 Å². The summed E-state index contributed by atoms with van der Waals surface area (Å²) in [5.41, 5.74) is 7.10. The van der Waals surface area contributed by atoms with Crippen LogP contribution in [0, 0.1) is 0 Å². The van der Waals surface area contributed by atoms with E-state index >= 15 is 0 Å². The summed E-state index contributed by atoms with van der Waals surface area (Å²) in [5.74, 6) is 2.60. The van der Waals surface area contributed by atoms with Gasteiger partial charge in [0.1, 0.15) is 5.75 Å². The van der Waals surface area contributed by atoms with Crippen molar-refractivity contribution in [2.75, 3.05) is 25.2 Å². The minimum Gasteiger partial charge on any atom is -0.493 e. The van der Waals surface area contributed by atoms with Gasteiger partial charge in [0, 0.05) is 18.5 Å². The number of rotatable bonds is 5. The van der Waals surface area contributed by atoms with Gasteiger partial charge < -0.3 is 15.8 Å². The number of thioether (sulfide) groups is 1. The second kappa shape index (κ2) is 9.33. The zero-order chi connectivity index (χ0) is 13.5. The average molecular weight is 407 g/mol. The van der Waals surface area contributed by atoms with Crippen molar-refractivity contribution in [2.45, 2.75) is 18.9 Å². The van der Waals surface area contributed by atoms with Gasteiger partial charge in [-0.05, 0) is 24.5 Å². The molecule has 1 atom stereocenters. The highest BCUT2D eigenvalue weighted by atomic mass is 127. The third kappa shape index (κ3) is 5.05. The number of aliphatic imine (C=N–C) groups is 1.